The number of nitriles is 1. The minimum absolute atomic E-state index is 0.0188. The van der Waals surface area contributed by atoms with E-state index in [1.165, 1.54) is 6.92 Å². The molecule has 1 aromatic rings. The summed E-state index contributed by atoms with van der Waals surface area (Å²) < 4.78 is 30.6. The first-order chi connectivity index (χ1) is 8.56. The average molecular weight is 275 g/mol. The smallest absolute Gasteiger partial charge is 0.340 e. The maximum absolute atomic E-state index is 13.0. The minimum Gasteiger partial charge on any atom is -0.462 e. The van der Waals surface area contributed by atoms with Gasteiger partial charge in [0, 0.05) is 6.20 Å². The third kappa shape index (κ3) is 2.74. The monoisotopic (exact) mass is 274 g/mol. The van der Waals surface area contributed by atoms with Crippen molar-refractivity contribution in [3.05, 3.63) is 28.6 Å². The second-order valence-electron chi connectivity index (χ2n) is 3.17. The lowest BCUT2D eigenvalue weighted by Crippen LogP contribution is -2.14. The first-order valence-electron chi connectivity index (χ1n) is 4.99. The Morgan fingerprint density at radius 1 is 1.67 bits per heavy atom. The molecule has 1 aromatic heterocycles. The number of alkyl halides is 3. The number of hydrogen-bond acceptors (Lipinski definition) is 4. The molecule has 0 saturated heterocycles. The third-order valence-electron chi connectivity index (χ3n) is 2.14. The zero-order valence-electron chi connectivity index (χ0n) is 9.41. The van der Waals surface area contributed by atoms with Crippen molar-refractivity contribution in [1.29, 1.82) is 5.26 Å². The highest BCUT2D eigenvalue weighted by Crippen LogP contribution is 2.29. The van der Waals surface area contributed by atoms with Crippen LogP contribution in [0.3, 0.4) is 0 Å². The Kier molecular flexibility index (Phi) is 4.98. The predicted octanol–water partition coefficient (Wildman–Crippen LogP) is 2.81. The molecule has 1 rings (SSSR count). The van der Waals surface area contributed by atoms with Gasteiger partial charge in [-0.25, -0.2) is 13.6 Å². The van der Waals surface area contributed by atoms with Crippen LogP contribution in [0.4, 0.5) is 8.78 Å². The number of hydrogen-bond donors (Lipinski definition) is 0. The van der Waals surface area contributed by atoms with E-state index in [1.807, 2.05) is 0 Å². The second-order valence-corrected chi connectivity index (χ2v) is 3.44. The topological polar surface area (TPSA) is 63.0 Å². The molecule has 0 aliphatic carbocycles. The number of aromatic nitrogens is 1. The fourth-order valence-electron chi connectivity index (χ4n) is 1.42. The lowest BCUT2D eigenvalue weighted by Gasteiger charge is -2.12. The number of nitrogens with zero attached hydrogens (tertiary/aromatic N) is 2. The number of ether oxygens (including phenoxy) is 1. The van der Waals surface area contributed by atoms with E-state index in [0.29, 0.717) is 0 Å². The molecular weight excluding hydrogens is 266 g/mol. The van der Waals surface area contributed by atoms with Gasteiger partial charge < -0.3 is 4.74 Å². The van der Waals surface area contributed by atoms with Gasteiger partial charge in [0.2, 0.25) is 0 Å². The Morgan fingerprint density at radius 2 is 2.33 bits per heavy atom. The number of halogens is 3. The summed E-state index contributed by atoms with van der Waals surface area (Å²) in [6, 6.07) is 1.64. The summed E-state index contributed by atoms with van der Waals surface area (Å²) in [6.07, 6.45) is -1.92. The number of carbonyl (C=O) groups is 1. The maximum atomic E-state index is 13.0. The standard InChI is InChI=1S/C11H9ClF2N2O2/c1-2-18-11(17)8-6(4-15)5-16-7(3-12)9(8)10(13)14/h5,10H,2-3H2,1H3. The summed E-state index contributed by atoms with van der Waals surface area (Å²) in [7, 11) is 0. The molecule has 0 unspecified atom stereocenters. The molecule has 7 heteroatoms. The summed E-state index contributed by atoms with van der Waals surface area (Å²) in [4.78, 5) is 15.3. The Hall–Kier alpha value is -1.74. The first kappa shape index (κ1) is 14.3. The van der Waals surface area contributed by atoms with Crippen LogP contribution in [0.5, 0.6) is 0 Å². The third-order valence-corrected chi connectivity index (χ3v) is 2.40. The largest absolute Gasteiger partial charge is 0.462 e. The van der Waals surface area contributed by atoms with Crippen LogP contribution in [-0.2, 0) is 10.6 Å². The lowest BCUT2D eigenvalue weighted by molar-refractivity contribution is 0.0514. The quantitative estimate of drug-likeness (QED) is 0.625. The molecule has 0 N–H and O–H groups in total. The van der Waals surface area contributed by atoms with Crippen molar-refractivity contribution in [1.82, 2.24) is 4.98 Å². The van der Waals surface area contributed by atoms with E-state index < -0.39 is 23.5 Å². The molecule has 96 valence electrons. The van der Waals surface area contributed by atoms with Gasteiger partial charge >= 0.3 is 5.97 Å². The molecule has 0 fully saturated rings. The normalized spacial score (nSPS) is 10.2. The summed E-state index contributed by atoms with van der Waals surface area (Å²) in [5.74, 6) is -1.25. The zero-order chi connectivity index (χ0) is 13.7. The van der Waals surface area contributed by atoms with E-state index in [0.717, 1.165) is 6.20 Å². The van der Waals surface area contributed by atoms with Gasteiger partial charge in [0.15, 0.2) is 0 Å². The SMILES string of the molecule is CCOC(=O)c1c(C#N)cnc(CCl)c1C(F)F. The summed E-state index contributed by atoms with van der Waals surface area (Å²) in [5, 5.41) is 8.83. The van der Waals surface area contributed by atoms with Crippen LogP contribution in [0.15, 0.2) is 6.20 Å². The van der Waals surface area contributed by atoms with Crippen LogP contribution in [0.2, 0.25) is 0 Å². The number of carbonyl (C=O) groups excluding carboxylic acids is 1. The van der Waals surface area contributed by atoms with Crippen LogP contribution in [0.25, 0.3) is 0 Å². The van der Waals surface area contributed by atoms with E-state index in [4.69, 9.17) is 16.9 Å². The predicted molar refractivity (Wildman–Crippen MR) is 59.4 cm³/mol. The Labute approximate surface area is 107 Å². The molecule has 0 radical (unpaired) electrons. The van der Waals surface area contributed by atoms with Crippen molar-refractivity contribution in [3.8, 4) is 6.07 Å². The second kappa shape index (κ2) is 6.26. The minimum atomic E-state index is -2.96. The summed E-state index contributed by atoms with van der Waals surface area (Å²) in [5.41, 5.74) is -1.48. The number of pyridine rings is 1. The maximum Gasteiger partial charge on any atom is 0.340 e. The molecule has 0 spiro atoms. The highest BCUT2D eigenvalue weighted by Gasteiger charge is 2.27. The van der Waals surface area contributed by atoms with Gasteiger partial charge in [0.1, 0.15) is 6.07 Å². The van der Waals surface area contributed by atoms with E-state index in [2.05, 4.69) is 9.72 Å². The van der Waals surface area contributed by atoms with Crippen LogP contribution in [-0.4, -0.2) is 17.6 Å². The van der Waals surface area contributed by atoms with E-state index in [-0.39, 0.29) is 23.7 Å². The van der Waals surface area contributed by atoms with Gasteiger partial charge in [-0.1, -0.05) is 0 Å². The molecule has 0 aromatic carbocycles. The van der Waals surface area contributed by atoms with Gasteiger partial charge in [-0.05, 0) is 6.92 Å². The van der Waals surface area contributed by atoms with Gasteiger partial charge in [0.05, 0.1) is 34.9 Å². The Balaban J connectivity index is 3.51. The van der Waals surface area contributed by atoms with Gasteiger partial charge in [-0.3, -0.25) is 4.98 Å². The van der Waals surface area contributed by atoms with Crippen molar-refractivity contribution in [2.24, 2.45) is 0 Å². The summed E-state index contributed by atoms with van der Waals surface area (Å²) in [6.45, 7) is 1.56. The number of esters is 1. The molecule has 1 heterocycles. The molecule has 0 aliphatic rings. The van der Waals surface area contributed by atoms with Crippen LogP contribution < -0.4 is 0 Å². The molecule has 18 heavy (non-hydrogen) atoms. The lowest BCUT2D eigenvalue weighted by atomic mass is 10.0. The zero-order valence-corrected chi connectivity index (χ0v) is 10.2. The fraction of sp³-hybridized carbons (Fsp3) is 0.364. The van der Waals surface area contributed by atoms with Crippen molar-refractivity contribution >= 4 is 17.6 Å². The van der Waals surface area contributed by atoms with Crippen molar-refractivity contribution in [3.63, 3.8) is 0 Å². The Bertz CT molecular complexity index is 501. The molecule has 0 atom stereocenters. The highest BCUT2D eigenvalue weighted by atomic mass is 35.5. The van der Waals surface area contributed by atoms with Gasteiger partial charge in [0.25, 0.3) is 6.43 Å². The van der Waals surface area contributed by atoms with Crippen LogP contribution in [0.1, 0.15) is 40.5 Å². The van der Waals surface area contributed by atoms with Crippen molar-refractivity contribution in [2.45, 2.75) is 19.2 Å². The molecule has 0 saturated carbocycles. The molecule has 4 nitrogen and oxygen atoms in total. The molecular formula is C11H9ClF2N2O2. The average Bonchev–Trinajstić information content (AvgIpc) is 2.36. The molecule has 0 bridgehead atoms. The van der Waals surface area contributed by atoms with Gasteiger partial charge in [-0.15, -0.1) is 11.6 Å². The number of rotatable bonds is 4. The van der Waals surface area contributed by atoms with Crippen LogP contribution >= 0.6 is 11.6 Å². The van der Waals surface area contributed by atoms with Gasteiger partial charge in [-0.2, -0.15) is 5.26 Å². The Morgan fingerprint density at radius 3 is 2.78 bits per heavy atom. The van der Waals surface area contributed by atoms with Crippen molar-refractivity contribution in [2.75, 3.05) is 6.61 Å². The summed E-state index contributed by atoms with van der Waals surface area (Å²) >= 11 is 5.49. The first-order valence-corrected chi connectivity index (χ1v) is 5.53. The van der Waals surface area contributed by atoms with Crippen LogP contribution in [0, 0.1) is 11.3 Å². The van der Waals surface area contributed by atoms with E-state index in [1.54, 1.807) is 6.07 Å². The molecule has 0 aliphatic heterocycles. The fourth-order valence-corrected chi connectivity index (χ4v) is 1.63. The highest BCUT2D eigenvalue weighted by molar-refractivity contribution is 6.17. The van der Waals surface area contributed by atoms with Crippen molar-refractivity contribution < 1.29 is 18.3 Å². The van der Waals surface area contributed by atoms with E-state index in [9.17, 15) is 13.6 Å². The molecule has 0 amide bonds. The van der Waals surface area contributed by atoms with E-state index >= 15 is 0 Å².